The number of hydrogen-bond donors (Lipinski definition) is 0. The first-order valence-electron chi connectivity index (χ1n) is 8.48. The van der Waals surface area contributed by atoms with E-state index in [0.717, 1.165) is 36.0 Å². The van der Waals surface area contributed by atoms with E-state index >= 15 is 0 Å². The van der Waals surface area contributed by atoms with Gasteiger partial charge in [-0.2, -0.15) is 0 Å². The molecule has 1 fully saturated rings. The van der Waals surface area contributed by atoms with Gasteiger partial charge in [-0.25, -0.2) is 4.98 Å². The van der Waals surface area contributed by atoms with Crippen LogP contribution in [0.15, 0.2) is 24.5 Å². The largest absolute Gasteiger partial charge is 0.372 e. The van der Waals surface area contributed by atoms with E-state index in [1.54, 1.807) is 6.20 Å². The van der Waals surface area contributed by atoms with E-state index < -0.39 is 0 Å². The molecule has 0 bridgehead atoms. The van der Waals surface area contributed by atoms with Gasteiger partial charge >= 0.3 is 0 Å². The van der Waals surface area contributed by atoms with Crippen LogP contribution in [-0.2, 0) is 11.3 Å². The number of amides is 1. The van der Waals surface area contributed by atoms with Crippen LogP contribution in [0.25, 0.3) is 11.0 Å². The van der Waals surface area contributed by atoms with Gasteiger partial charge in [-0.1, -0.05) is 13.3 Å². The van der Waals surface area contributed by atoms with Crippen LogP contribution in [0.2, 0.25) is 0 Å². The maximum Gasteiger partial charge on any atom is 0.256 e. The summed E-state index contributed by atoms with van der Waals surface area (Å²) in [5.41, 5.74) is 1.66. The number of morpholine rings is 1. The summed E-state index contributed by atoms with van der Waals surface area (Å²) in [6, 6.07) is 3.89. The molecule has 5 nitrogen and oxygen atoms in total. The standard InChI is InChI=1S/C18H25N3O2/c1-4-5-9-20-12-16(15-7-6-8-19-17(15)20)18(22)21-10-13(2)23-14(3)11-21/h6-8,12-14H,4-5,9-11H2,1-3H3. The average Bonchev–Trinajstić information content (AvgIpc) is 2.90. The van der Waals surface area contributed by atoms with Gasteiger partial charge in [0.2, 0.25) is 0 Å². The highest BCUT2D eigenvalue weighted by atomic mass is 16.5. The van der Waals surface area contributed by atoms with Crippen LogP contribution in [0.1, 0.15) is 44.0 Å². The van der Waals surface area contributed by atoms with Crippen LogP contribution in [0, 0.1) is 0 Å². The Labute approximate surface area is 137 Å². The summed E-state index contributed by atoms with van der Waals surface area (Å²) in [4.78, 5) is 19.4. The Balaban J connectivity index is 1.94. The van der Waals surface area contributed by atoms with Crippen LogP contribution in [-0.4, -0.2) is 45.7 Å². The molecular formula is C18H25N3O2. The topological polar surface area (TPSA) is 47.4 Å². The third kappa shape index (κ3) is 3.24. The molecule has 124 valence electrons. The summed E-state index contributed by atoms with van der Waals surface area (Å²) in [6.45, 7) is 8.38. The lowest BCUT2D eigenvalue weighted by Gasteiger charge is -2.35. The molecule has 1 amide bonds. The minimum atomic E-state index is 0.0780. The molecule has 3 rings (SSSR count). The average molecular weight is 315 g/mol. The summed E-state index contributed by atoms with van der Waals surface area (Å²) >= 11 is 0. The molecule has 2 aromatic rings. The molecule has 0 N–H and O–H groups in total. The fourth-order valence-electron chi connectivity index (χ4n) is 3.31. The van der Waals surface area contributed by atoms with Gasteiger partial charge in [0, 0.05) is 37.4 Å². The van der Waals surface area contributed by atoms with Crippen molar-refractivity contribution in [2.75, 3.05) is 13.1 Å². The molecule has 2 aromatic heterocycles. The van der Waals surface area contributed by atoms with Gasteiger partial charge in [0.25, 0.3) is 5.91 Å². The number of carbonyl (C=O) groups is 1. The molecule has 0 aliphatic carbocycles. The molecule has 5 heteroatoms. The molecule has 2 unspecified atom stereocenters. The maximum absolute atomic E-state index is 13.0. The van der Waals surface area contributed by atoms with Gasteiger partial charge in [-0.3, -0.25) is 4.79 Å². The number of hydrogen-bond acceptors (Lipinski definition) is 3. The first-order valence-corrected chi connectivity index (χ1v) is 8.48. The van der Waals surface area contributed by atoms with Crippen LogP contribution in [0.5, 0.6) is 0 Å². The normalized spacial score (nSPS) is 21.8. The van der Waals surface area contributed by atoms with Gasteiger partial charge in [0.05, 0.1) is 17.8 Å². The Morgan fingerprint density at radius 1 is 1.35 bits per heavy atom. The lowest BCUT2D eigenvalue weighted by molar-refractivity contribution is -0.0585. The highest BCUT2D eigenvalue weighted by molar-refractivity contribution is 6.06. The highest BCUT2D eigenvalue weighted by Gasteiger charge is 2.28. The van der Waals surface area contributed by atoms with E-state index in [4.69, 9.17) is 4.74 Å². The van der Waals surface area contributed by atoms with Gasteiger partial charge in [-0.15, -0.1) is 0 Å². The molecule has 1 aliphatic rings. The number of pyridine rings is 1. The van der Waals surface area contributed by atoms with Gasteiger partial charge in [-0.05, 0) is 32.4 Å². The molecule has 3 heterocycles. The molecule has 0 spiro atoms. The van der Waals surface area contributed by atoms with Gasteiger partial charge in [0.1, 0.15) is 5.65 Å². The monoisotopic (exact) mass is 315 g/mol. The van der Waals surface area contributed by atoms with Crippen LogP contribution < -0.4 is 0 Å². The first kappa shape index (κ1) is 16.0. The van der Waals surface area contributed by atoms with Crippen molar-refractivity contribution < 1.29 is 9.53 Å². The third-order valence-electron chi connectivity index (χ3n) is 4.32. The van der Waals surface area contributed by atoms with E-state index in [9.17, 15) is 4.79 Å². The Hall–Kier alpha value is -1.88. The van der Waals surface area contributed by atoms with Gasteiger partial charge in [0.15, 0.2) is 0 Å². The predicted octanol–water partition coefficient (Wildman–Crippen LogP) is 3.09. The van der Waals surface area contributed by atoms with Crippen molar-refractivity contribution in [2.24, 2.45) is 0 Å². The molecule has 2 atom stereocenters. The fraction of sp³-hybridized carbons (Fsp3) is 0.556. The molecule has 0 aromatic carbocycles. The third-order valence-corrected chi connectivity index (χ3v) is 4.32. The molecule has 23 heavy (non-hydrogen) atoms. The van der Waals surface area contributed by atoms with Crippen molar-refractivity contribution in [3.05, 3.63) is 30.1 Å². The summed E-state index contributed by atoms with van der Waals surface area (Å²) < 4.78 is 7.85. The molecule has 1 saturated heterocycles. The Bertz CT molecular complexity index is 685. The van der Waals surface area contributed by atoms with Crippen molar-refractivity contribution in [3.8, 4) is 0 Å². The lowest BCUT2D eigenvalue weighted by Crippen LogP contribution is -2.48. The summed E-state index contributed by atoms with van der Waals surface area (Å²) in [6.07, 6.45) is 6.12. The molecule has 0 saturated carbocycles. The van der Waals surface area contributed by atoms with Crippen molar-refractivity contribution in [2.45, 2.75) is 52.4 Å². The zero-order chi connectivity index (χ0) is 16.4. The van der Waals surface area contributed by atoms with Crippen molar-refractivity contribution in [1.82, 2.24) is 14.5 Å². The molecule has 1 aliphatic heterocycles. The quantitative estimate of drug-likeness (QED) is 0.871. The highest BCUT2D eigenvalue weighted by Crippen LogP contribution is 2.23. The second kappa shape index (κ2) is 6.71. The SMILES string of the molecule is CCCCn1cc(C(=O)N2CC(C)OC(C)C2)c2cccnc21. The smallest absolute Gasteiger partial charge is 0.256 e. The van der Waals surface area contributed by atoms with E-state index in [-0.39, 0.29) is 18.1 Å². The lowest BCUT2D eigenvalue weighted by atomic mass is 10.1. The number of nitrogens with zero attached hydrogens (tertiary/aromatic N) is 3. The van der Waals surface area contributed by atoms with Crippen LogP contribution >= 0.6 is 0 Å². The number of aryl methyl sites for hydroxylation is 1. The zero-order valence-corrected chi connectivity index (χ0v) is 14.2. The predicted molar refractivity (Wildman–Crippen MR) is 90.6 cm³/mol. The molecular weight excluding hydrogens is 290 g/mol. The first-order chi connectivity index (χ1) is 11.1. The van der Waals surface area contributed by atoms with Crippen molar-refractivity contribution in [1.29, 1.82) is 0 Å². The second-order valence-corrected chi connectivity index (χ2v) is 6.43. The fourth-order valence-corrected chi connectivity index (χ4v) is 3.31. The Kier molecular flexibility index (Phi) is 4.66. The number of aromatic nitrogens is 2. The number of unbranched alkanes of at least 4 members (excludes halogenated alkanes) is 1. The summed E-state index contributed by atoms with van der Waals surface area (Å²) in [7, 11) is 0. The second-order valence-electron chi connectivity index (χ2n) is 6.43. The zero-order valence-electron chi connectivity index (χ0n) is 14.2. The van der Waals surface area contributed by atoms with Crippen LogP contribution in [0.4, 0.5) is 0 Å². The van der Waals surface area contributed by atoms with E-state index in [1.165, 1.54) is 0 Å². The number of fused-ring (bicyclic) bond motifs is 1. The number of ether oxygens (including phenoxy) is 1. The minimum Gasteiger partial charge on any atom is -0.372 e. The number of rotatable bonds is 4. The number of carbonyl (C=O) groups excluding carboxylic acids is 1. The Morgan fingerprint density at radius 2 is 2.09 bits per heavy atom. The summed E-state index contributed by atoms with van der Waals surface area (Å²) in [5.74, 6) is 0.0836. The van der Waals surface area contributed by atoms with Crippen molar-refractivity contribution in [3.63, 3.8) is 0 Å². The minimum absolute atomic E-state index is 0.0780. The van der Waals surface area contributed by atoms with E-state index in [0.29, 0.717) is 13.1 Å². The van der Waals surface area contributed by atoms with Crippen LogP contribution in [0.3, 0.4) is 0 Å². The van der Waals surface area contributed by atoms with E-state index in [1.807, 2.05) is 37.1 Å². The van der Waals surface area contributed by atoms with E-state index in [2.05, 4.69) is 16.5 Å². The van der Waals surface area contributed by atoms with Crippen molar-refractivity contribution >= 4 is 16.9 Å². The Morgan fingerprint density at radius 3 is 2.78 bits per heavy atom. The molecule has 0 radical (unpaired) electrons. The van der Waals surface area contributed by atoms with Gasteiger partial charge < -0.3 is 14.2 Å². The maximum atomic E-state index is 13.0. The summed E-state index contributed by atoms with van der Waals surface area (Å²) in [5, 5.41) is 0.945.